The van der Waals surface area contributed by atoms with Gasteiger partial charge in [-0.15, -0.1) is 0 Å². The van der Waals surface area contributed by atoms with Gasteiger partial charge in [-0.05, 0) is 43.1 Å². The van der Waals surface area contributed by atoms with Crippen molar-refractivity contribution in [1.29, 1.82) is 0 Å². The summed E-state index contributed by atoms with van der Waals surface area (Å²) in [6, 6.07) is 16.0. The van der Waals surface area contributed by atoms with Crippen LogP contribution in [0.25, 0.3) is 0 Å². The molecule has 2 aromatic carbocycles. The first-order chi connectivity index (χ1) is 13.7. The van der Waals surface area contributed by atoms with E-state index in [1.54, 1.807) is 0 Å². The lowest BCUT2D eigenvalue weighted by molar-refractivity contribution is -0.137. The van der Waals surface area contributed by atoms with Gasteiger partial charge in [-0.3, -0.25) is 9.69 Å². The number of benzene rings is 2. The van der Waals surface area contributed by atoms with Gasteiger partial charge in [-0.2, -0.15) is 0 Å². The molecule has 0 aromatic heterocycles. The topological polar surface area (TPSA) is 42.0 Å². The van der Waals surface area contributed by atoms with Crippen LogP contribution >= 0.6 is 0 Å². The largest absolute Gasteiger partial charge is 0.486 e. The maximum atomic E-state index is 13.2. The van der Waals surface area contributed by atoms with Crippen LogP contribution in [0, 0.1) is 0 Å². The van der Waals surface area contributed by atoms with Gasteiger partial charge in [0, 0.05) is 19.6 Å². The zero-order valence-electron chi connectivity index (χ0n) is 16.6. The highest BCUT2D eigenvalue weighted by atomic mass is 16.6. The van der Waals surface area contributed by atoms with Crippen molar-refractivity contribution >= 4 is 5.91 Å². The molecule has 1 amide bonds. The summed E-state index contributed by atoms with van der Waals surface area (Å²) in [5.74, 6) is 1.76. The van der Waals surface area contributed by atoms with Gasteiger partial charge < -0.3 is 14.4 Å². The molecule has 0 N–H and O–H groups in total. The maximum absolute atomic E-state index is 13.2. The van der Waals surface area contributed by atoms with E-state index in [1.807, 2.05) is 42.2 Å². The molecule has 2 unspecified atom stereocenters. The van der Waals surface area contributed by atoms with Crippen LogP contribution in [-0.2, 0) is 17.8 Å². The number of hydrogen-bond donors (Lipinski definition) is 0. The van der Waals surface area contributed by atoms with Crippen LogP contribution in [0.1, 0.15) is 25.0 Å². The van der Waals surface area contributed by atoms with Crippen LogP contribution < -0.4 is 9.47 Å². The normalized spacial score (nSPS) is 19.2. The molecule has 2 aliphatic rings. The Morgan fingerprint density at radius 3 is 2.64 bits per heavy atom. The third-order valence-electron chi connectivity index (χ3n) is 5.76. The fraction of sp³-hybridized carbons (Fsp3) is 0.435. The Kier molecular flexibility index (Phi) is 5.53. The third-order valence-corrected chi connectivity index (χ3v) is 5.76. The molecule has 0 fully saturated rings. The van der Waals surface area contributed by atoms with Gasteiger partial charge >= 0.3 is 0 Å². The van der Waals surface area contributed by atoms with Crippen LogP contribution in [0.5, 0.6) is 11.5 Å². The fourth-order valence-corrected chi connectivity index (χ4v) is 4.08. The molecule has 2 atom stereocenters. The van der Waals surface area contributed by atoms with E-state index < -0.39 is 0 Å². The fourth-order valence-electron chi connectivity index (χ4n) is 4.08. The quantitative estimate of drug-likeness (QED) is 0.799. The average Bonchev–Trinajstić information content (AvgIpc) is 2.76. The van der Waals surface area contributed by atoms with Gasteiger partial charge in [0.1, 0.15) is 12.7 Å². The van der Waals surface area contributed by atoms with Crippen molar-refractivity contribution in [2.75, 3.05) is 26.2 Å². The highest BCUT2D eigenvalue weighted by molar-refractivity contribution is 5.81. The second-order valence-corrected chi connectivity index (χ2v) is 7.54. The summed E-state index contributed by atoms with van der Waals surface area (Å²) in [7, 11) is 0. The number of hydrogen-bond acceptors (Lipinski definition) is 4. The molecule has 4 rings (SSSR count). The van der Waals surface area contributed by atoms with E-state index >= 15 is 0 Å². The highest BCUT2D eigenvalue weighted by Gasteiger charge is 2.30. The second kappa shape index (κ2) is 8.23. The number of likely N-dealkylation sites (N-methyl/N-ethyl adjacent to an activating group) is 1. The molecule has 148 valence electrons. The highest BCUT2D eigenvalue weighted by Crippen LogP contribution is 2.31. The SMILES string of the molecule is CCN(CC1COc2ccccc2O1)C(C)C(=O)N1CCc2ccccc2C1. The Morgan fingerprint density at radius 1 is 1.14 bits per heavy atom. The lowest BCUT2D eigenvalue weighted by atomic mass is 9.99. The molecule has 0 saturated carbocycles. The number of nitrogens with zero attached hydrogens (tertiary/aromatic N) is 2. The first kappa shape index (κ1) is 18.8. The minimum atomic E-state index is -0.184. The summed E-state index contributed by atoms with van der Waals surface area (Å²) in [6.45, 7) is 7.55. The Labute approximate surface area is 166 Å². The van der Waals surface area contributed by atoms with Gasteiger partial charge in [0.05, 0.1) is 6.04 Å². The molecule has 0 saturated heterocycles. The van der Waals surface area contributed by atoms with E-state index in [-0.39, 0.29) is 18.1 Å². The molecule has 0 bridgehead atoms. The zero-order chi connectivity index (χ0) is 19.5. The number of para-hydroxylation sites is 2. The molecule has 2 aromatic rings. The van der Waals surface area contributed by atoms with Gasteiger partial charge in [0.25, 0.3) is 0 Å². The van der Waals surface area contributed by atoms with E-state index in [9.17, 15) is 4.79 Å². The summed E-state index contributed by atoms with van der Waals surface area (Å²) in [5, 5.41) is 0. The molecular formula is C23H28N2O3. The van der Waals surface area contributed by atoms with Gasteiger partial charge in [-0.25, -0.2) is 0 Å². The molecule has 2 heterocycles. The molecular weight excluding hydrogens is 352 g/mol. The van der Waals surface area contributed by atoms with E-state index in [2.05, 4.69) is 30.0 Å². The Balaban J connectivity index is 1.39. The van der Waals surface area contributed by atoms with E-state index in [4.69, 9.17) is 9.47 Å². The minimum absolute atomic E-state index is 0.0767. The van der Waals surface area contributed by atoms with Crippen molar-refractivity contribution in [2.45, 2.75) is 39.0 Å². The molecule has 0 spiro atoms. The van der Waals surface area contributed by atoms with Crippen molar-refractivity contribution in [3.63, 3.8) is 0 Å². The summed E-state index contributed by atoms with van der Waals surface area (Å²) in [6.07, 6.45) is 0.851. The third kappa shape index (κ3) is 3.85. The Morgan fingerprint density at radius 2 is 1.86 bits per heavy atom. The summed E-state index contributed by atoms with van der Waals surface area (Å²) in [4.78, 5) is 17.3. The maximum Gasteiger partial charge on any atom is 0.239 e. The predicted octanol–water partition coefficient (Wildman–Crippen LogP) is 3.12. The molecule has 2 aliphatic heterocycles. The number of carbonyl (C=O) groups is 1. The number of fused-ring (bicyclic) bond motifs is 2. The predicted molar refractivity (Wildman–Crippen MR) is 109 cm³/mol. The molecule has 28 heavy (non-hydrogen) atoms. The average molecular weight is 380 g/mol. The van der Waals surface area contributed by atoms with Crippen LogP contribution in [0.2, 0.25) is 0 Å². The van der Waals surface area contributed by atoms with Crippen molar-refractivity contribution in [1.82, 2.24) is 9.80 Å². The second-order valence-electron chi connectivity index (χ2n) is 7.54. The van der Waals surface area contributed by atoms with Crippen LogP contribution in [-0.4, -0.2) is 54.1 Å². The first-order valence-electron chi connectivity index (χ1n) is 10.1. The summed E-state index contributed by atoms with van der Waals surface area (Å²) in [5.41, 5.74) is 2.62. The number of amides is 1. The lowest BCUT2D eigenvalue weighted by Gasteiger charge is -2.37. The van der Waals surface area contributed by atoms with Crippen LogP contribution in [0.4, 0.5) is 0 Å². The standard InChI is InChI=1S/C23H28N2O3/c1-3-24(15-20-16-27-21-10-6-7-11-22(21)28-20)17(2)23(26)25-13-12-18-8-4-5-9-19(18)14-25/h4-11,17,20H,3,12-16H2,1-2H3. The van der Waals surface area contributed by atoms with E-state index in [0.29, 0.717) is 19.7 Å². The molecule has 0 aliphatic carbocycles. The van der Waals surface area contributed by atoms with Crippen molar-refractivity contribution < 1.29 is 14.3 Å². The van der Waals surface area contributed by atoms with Gasteiger partial charge in [0.2, 0.25) is 5.91 Å². The summed E-state index contributed by atoms with van der Waals surface area (Å²) >= 11 is 0. The summed E-state index contributed by atoms with van der Waals surface area (Å²) < 4.78 is 11.9. The Bertz CT molecular complexity index is 838. The number of carbonyl (C=O) groups excluding carboxylic acids is 1. The lowest BCUT2D eigenvalue weighted by Crippen LogP contribution is -2.52. The molecule has 5 nitrogen and oxygen atoms in total. The smallest absolute Gasteiger partial charge is 0.239 e. The van der Waals surface area contributed by atoms with Crippen LogP contribution in [0.15, 0.2) is 48.5 Å². The first-order valence-corrected chi connectivity index (χ1v) is 10.1. The van der Waals surface area contributed by atoms with E-state index in [0.717, 1.165) is 31.0 Å². The zero-order valence-corrected chi connectivity index (χ0v) is 16.6. The van der Waals surface area contributed by atoms with E-state index in [1.165, 1.54) is 11.1 Å². The number of rotatable bonds is 5. The van der Waals surface area contributed by atoms with Crippen LogP contribution in [0.3, 0.4) is 0 Å². The molecule has 0 radical (unpaired) electrons. The monoisotopic (exact) mass is 380 g/mol. The Hall–Kier alpha value is -2.53. The van der Waals surface area contributed by atoms with Crippen molar-refractivity contribution in [2.24, 2.45) is 0 Å². The van der Waals surface area contributed by atoms with Crippen molar-refractivity contribution in [3.8, 4) is 11.5 Å². The van der Waals surface area contributed by atoms with Gasteiger partial charge in [0.15, 0.2) is 11.5 Å². The minimum Gasteiger partial charge on any atom is -0.486 e. The van der Waals surface area contributed by atoms with Gasteiger partial charge in [-0.1, -0.05) is 43.3 Å². The molecule has 5 heteroatoms. The van der Waals surface area contributed by atoms with Crippen molar-refractivity contribution in [3.05, 3.63) is 59.7 Å². The number of ether oxygens (including phenoxy) is 2.